The lowest BCUT2D eigenvalue weighted by molar-refractivity contribution is -0.138. The summed E-state index contributed by atoms with van der Waals surface area (Å²) < 4.78 is 0. The van der Waals surface area contributed by atoms with Crippen LogP contribution in [0.15, 0.2) is 0 Å². The van der Waals surface area contributed by atoms with Crippen molar-refractivity contribution in [3.05, 3.63) is 0 Å². The second-order valence-electron chi connectivity index (χ2n) is 6.28. The van der Waals surface area contributed by atoms with Crippen molar-refractivity contribution in [2.24, 2.45) is 0 Å². The molecule has 0 saturated carbocycles. The Morgan fingerprint density at radius 3 is 0.600 bits per heavy atom. The van der Waals surface area contributed by atoms with Crippen molar-refractivity contribution in [3.63, 3.8) is 0 Å². The van der Waals surface area contributed by atoms with Gasteiger partial charge in [0, 0.05) is 25.7 Å². The number of hydrogen-bond acceptors (Lipinski definition) is 4. The summed E-state index contributed by atoms with van der Waals surface area (Å²) in [6.45, 7) is 11.8. The van der Waals surface area contributed by atoms with Crippen LogP contribution in [0.2, 0.25) is 0 Å². The van der Waals surface area contributed by atoms with E-state index >= 15 is 0 Å². The Kier molecular flexibility index (Phi) is 48.2. The third-order valence-corrected chi connectivity index (χ3v) is 2.81. The van der Waals surface area contributed by atoms with Crippen LogP contribution in [0.3, 0.4) is 0 Å². The Hall–Kier alpha value is -2.12. The average Bonchev–Trinajstić information content (AvgIpc) is 2.61. The maximum atomic E-state index is 9.60. The lowest BCUT2D eigenvalue weighted by atomic mass is 10.2. The molecule has 0 heterocycles. The van der Waals surface area contributed by atoms with Gasteiger partial charge in [0.1, 0.15) is 0 Å². The fourth-order valence-electron chi connectivity index (χ4n) is 1.36. The molecule has 0 unspecified atom stereocenters. The van der Waals surface area contributed by atoms with E-state index in [0.717, 1.165) is 25.7 Å². The van der Waals surface area contributed by atoms with E-state index in [9.17, 15) is 19.2 Å². The van der Waals surface area contributed by atoms with E-state index in [1.54, 1.807) is 0 Å². The van der Waals surface area contributed by atoms with Crippen molar-refractivity contribution in [2.45, 2.75) is 119 Å². The van der Waals surface area contributed by atoms with Gasteiger partial charge in [0.2, 0.25) is 0 Å². The van der Waals surface area contributed by atoms with Crippen LogP contribution in [0.4, 0.5) is 0 Å². The van der Waals surface area contributed by atoms with Crippen LogP contribution in [-0.4, -0.2) is 44.3 Å². The smallest absolute Gasteiger partial charge is 0.303 e. The molecular formula is C22H46O8. The Bertz CT molecular complexity index is 313. The van der Waals surface area contributed by atoms with Gasteiger partial charge in [-0.2, -0.15) is 0 Å². The Labute approximate surface area is 182 Å². The lowest BCUT2D eigenvalue weighted by Gasteiger charge is -1.86. The van der Waals surface area contributed by atoms with Gasteiger partial charge in [0.15, 0.2) is 0 Å². The highest BCUT2D eigenvalue weighted by Gasteiger charge is 1.89. The number of carboxylic acids is 4. The molecule has 30 heavy (non-hydrogen) atoms. The molecule has 0 aliphatic heterocycles. The van der Waals surface area contributed by atoms with Gasteiger partial charge in [-0.3, -0.25) is 19.2 Å². The molecule has 0 amide bonds. The molecule has 0 aliphatic carbocycles. The standard InChI is InChI=1S/C6H14.4C4H8O2/c1-3-5-6-4-2;4*1-2-3-4(5)6/h3-6H2,1-2H3;4*2-3H2,1H3,(H,5,6). The van der Waals surface area contributed by atoms with Crippen molar-refractivity contribution in [1.82, 2.24) is 0 Å². The van der Waals surface area contributed by atoms with Crippen molar-refractivity contribution in [3.8, 4) is 0 Å². The summed E-state index contributed by atoms with van der Waals surface area (Å²) in [7, 11) is 0. The third-order valence-electron chi connectivity index (χ3n) is 2.81. The minimum atomic E-state index is -0.711. The first-order valence-corrected chi connectivity index (χ1v) is 10.9. The van der Waals surface area contributed by atoms with Gasteiger partial charge in [-0.25, -0.2) is 0 Å². The minimum absolute atomic E-state index is 0.292. The van der Waals surface area contributed by atoms with Crippen LogP contribution in [0.5, 0.6) is 0 Å². The van der Waals surface area contributed by atoms with Crippen LogP contribution in [0.1, 0.15) is 119 Å². The predicted octanol–water partition coefficient (Wildman–Crippen LogP) is 6.07. The van der Waals surface area contributed by atoms with Crippen LogP contribution >= 0.6 is 0 Å². The number of carbonyl (C=O) groups is 4. The third kappa shape index (κ3) is 96.6. The SMILES string of the molecule is CCCC(=O)O.CCCC(=O)O.CCCC(=O)O.CCCC(=O)O.CCCCCC. The molecule has 4 N–H and O–H groups in total. The molecule has 8 heteroatoms. The summed E-state index contributed by atoms with van der Waals surface area (Å²) in [5, 5.41) is 31.7. The van der Waals surface area contributed by atoms with E-state index < -0.39 is 23.9 Å². The molecule has 0 bridgehead atoms. The number of rotatable bonds is 11. The summed E-state index contributed by atoms with van der Waals surface area (Å²) in [5.74, 6) is -2.84. The highest BCUT2D eigenvalue weighted by atomic mass is 16.4. The van der Waals surface area contributed by atoms with Gasteiger partial charge >= 0.3 is 23.9 Å². The van der Waals surface area contributed by atoms with Crippen molar-refractivity contribution >= 4 is 23.9 Å². The summed E-state index contributed by atoms with van der Waals surface area (Å²) >= 11 is 0. The maximum Gasteiger partial charge on any atom is 0.303 e. The molecule has 0 radical (unpaired) electrons. The van der Waals surface area contributed by atoms with E-state index in [0.29, 0.717) is 25.7 Å². The van der Waals surface area contributed by atoms with E-state index in [-0.39, 0.29) is 0 Å². The fraction of sp³-hybridized carbons (Fsp3) is 0.818. The topological polar surface area (TPSA) is 149 Å². The van der Waals surface area contributed by atoms with Gasteiger partial charge in [0.05, 0.1) is 0 Å². The summed E-state index contributed by atoms with van der Waals surface area (Å²) in [6, 6.07) is 0. The Morgan fingerprint density at radius 1 is 0.400 bits per heavy atom. The zero-order valence-electron chi connectivity index (χ0n) is 19.9. The molecule has 0 spiro atoms. The predicted molar refractivity (Wildman–Crippen MR) is 120 cm³/mol. The van der Waals surface area contributed by atoms with Crippen LogP contribution in [0, 0.1) is 0 Å². The summed E-state index contributed by atoms with van der Waals surface area (Å²) in [6.07, 6.45) is 9.63. The minimum Gasteiger partial charge on any atom is -0.481 e. The molecule has 0 aromatic heterocycles. The molecule has 8 nitrogen and oxygen atoms in total. The molecule has 0 aliphatic rings. The lowest BCUT2D eigenvalue weighted by Crippen LogP contribution is -1.90. The first-order chi connectivity index (χ1) is 14.0. The fourth-order valence-corrected chi connectivity index (χ4v) is 1.36. The molecule has 182 valence electrons. The second-order valence-corrected chi connectivity index (χ2v) is 6.28. The Balaban J connectivity index is -0.0000000868. The molecule has 0 rings (SSSR count). The molecule has 0 fully saturated rings. The molecule has 0 aromatic carbocycles. The summed E-state index contributed by atoms with van der Waals surface area (Å²) in [5.41, 5.74) is 0. The van der Waals surface area contributed by atoms with Gasteiger partial charge in [-0.05, 0) is 25.7 Å². The van der Waals surface area contributed by atoms with E-state index in [1.807, 2.05) is 27.7 Å². The average molecular weight is 439 g/mol. The molecular weight excluding hydrogens is 392 g/mol. The zero-order chi connectivity index (χ0) is 24.8. The second kappa shape index (κ2) is 37.6. The first kappa shape index (κ1) is 38.5. The maximum absolute atomic E-state index is 9.60. The number of aliphatic carboxylic acids is 4. The zero-order valence-corrected chi connectivity index (χ0v) is 19.9. The van der Waals surface area contributed by atoms with Gasteiger partial charge in [0.25, 0.3) is 0 Å². The number of carboxylic acid groups (broad SMARTS) is 4. The van der Waals surface area contributed by atoms with Gasteiger partial charge in [-0.1, -0.05) is 67.2 Å². The highest BCUT2D eigenvalue weighted by Crippen LogP contribution is 1.95. The molecule has 0 saturated heterocycles. The number of hydrogen-bond donors (Lipinski definition) is 4. The van der Waals surface area contributed by atoms with Crippen LogP contribution in [-0.2, 0) is 19.2 Å². The quantitative estimate of drug-likeness (QED) is 0.284. The van der Waals surface area contributed by atoms with Crippen LogP contribution in [0.25, 0.3) is 0 Å². The van der Waals surface area contributed by atoms with Crippen LogP contribution < -0.4 is 0 Å². The van der Waals surface area contributed by atoms with E-state index in [1.165, 1.54) is 25.7 Å². The van der Waals surface area contributed by atoms with Crippen molar-refractivity contribution < 1.29 is 39.6 Å². The molecule has 0 aromatic rings. The highest BCUT2D eigenvalue weighted by molar-refractivity contribution is 5.67. The Morgan fingerprint density at radius 2 is 0.567 bits per heavy atom. The largest absolute Gasteiger partial charge is 0.481 e. The number of unbranched alkanes of at least 4 members (excludes halogenated alkanes) is 3. The van der Waals surface area contributed by atoms with Crippen molar-refractivity contribution in [1.29, 1.82) is 0 Å². The molecule has 0 atom stereocenters. The first-order valence-electron chi connectivity index (χ1n) is 10.9. The van der Waals surface area contributed by atoms with E-state index in [4.69, 9.17) is 20.4 Å². The van der Waals surface area contributed by atoms with Crippen molar-refractivity contribution in [2.75, 3.05) is 0 Å². The van der Waals surface area contributed by atoms with Gasteiger partial charge in [-0.15, -0.1) is 0 Å². The van der Waals surface area contributed by atoms with Gasteiger partial charge < -0.3 is 20.4 Å². The summed E-state index contributed by atoms with van der Waals surface area (Å²) in [4.78, 5) is 38.4. The normalized spacial score (nSPS) is 8.33. The van der Waals surface area contributed by atoms with E-state index in [2.05, 4.69) is 13.8 Å². The monoisotopic (exact) mass is 438 g/mol.